The van der Waals surface area contributed by atoms with Crippen LogP contribution in [0.15, 0.2) is 24.3 Å². The van der Waals surface area contributed by atoms with Crippen molar-refractivity contribution in [3.8, 4) is 5.75 Å². The molecule has 0 aromatic heterocycles. The third-order valence-corrected chi connectivity index (χ3v) is 3.23. The van der Waals surface area contributed by atoms with Crippen LogP contribution < -0.4 is 9.74 Å². The minimum atomic E-state index is -1.55. The molecule has 0 spiro atoms. The van der Waals surface area contributed by atoms with Crippen molar-refractivity contribution < 1.29 is 14.0 Å². The first-order valence-corrected chi connectivity index (χ1v) is 9.07. The van der Waals surface area contributed by atoms with Gasteiger partial charge in [0.2, 0.25) is 8.32 Å². The number of amides is 1. The predicted octanol–water partition coefficient (Wildman–Crippen LogP) is 3.10. The first-order valence-electron chi connectivity index (χ1n) is 5.66. The Hall–Kier alpha value is -1.20. The van der Waals surface area contributed by atoms with Gasteiger partial charge in [-0.05, 0) is 37.3 Å². The lowest BCUT2D eigenvalue weighted by atomic mass is 10.1. The van der Waals surface area contributed by atoms with Gasteiger partial charge >= 0.3 is 6.09 Å². The fourth-order valence-corrected chi connectivity index (χ4v) is 2.53. The molecule has 6 heteroatoms. The summed E-state index contributed by atoms with van der Waals surface area (Å²) in [5.41, 5.74) is 1.04. The van der Waals surface area contributed by atoms with E-state index in [4.69, 9.17) is 9.16 Å². The topological polar surface area (TPSA) is 47.6 Å². The summed E-state index contributed by atoms with van der Waals surface area (Å²) in [7, 11) is -1.55. The molecule has 1 aromatic carbocycles. The lowest BCUT2D eigenvalue weighted by molar-refractivity contribution is 0.177. The zero-order valence-electron chi connectivity index (χ0n) is 10.7. The monoisotopic (exact) mass is 287 g/mol. The second kappa shape index (κ2) is 5.62. The van der Waals surface area contributed by atoms with Gasteiger partial charge in [-0.25, -0.2) is 4.79 Å². The number of hydrogen-bond donors (Lipinski definition) is 1. The van der Waals surface area contributed by atoms with Gasteiger partial charge in [-0.15, -0.1) is 12.4 Å². The highest BCUT2D eigenvalue weighted by Crippen LogP contribution is 2.22. The lowest BCUT2D eigenvalue weighted by Gasteiger charge is -2.19. The number of hydrogen-bond acceptors (Lipinski definition) is 3. The summed E-state index contributed by atoms with van der Waals surface area (Å²) in [5.74, 6) is 0.887. The van der Waals surface area contributed by atoms with Gasteiger partial charge in [0.05, 0.1) is 6.04 Å². The van der Waals surface area contributed by atoms with Crippen molar-refractivity contribution in [3.05, 3.63) is 29.8 Å². The molecule has 1 atom stereocenters. The maximum atomic E-state index is 10.9. The zero-order valence-corrected chi connectivity index (χ0v) is 12.5. The Morgan fingerprint density at radius 1 is 1.28 bits per heavy atom. The molecule has 0 aliphatic carbocycles. The van der Waals surface area contributed by atoms with Crippen molar-refractivity contribution in [1.82, 2.24) is 5.32 Å². The van der Waals surface area contributed by atoms with E-state index >= 15 is 0 Å². The number of benzene rings is 1. The van der Waals surface area contributed by atoms with E-state index in [0.717, 1.165) is 11.3 Å². The highest BCUT2D eigenvalue weighted by molar-refractivity contribution is 6.70. The molecule has 1 saturated heterocycles. The summed E-state index contributed by atoms with van der Waals surface area (Å²) >= 11 is 0. The van der Waals surface area contributed by atoms with E-state index in [2.05, 4.69) is 25.0 Å². The van der Waals surface area contributed by atoms with Gasteiger partial charge < -0.3 is 14.5 Å². The van der Waals surface area contributed by atoms with E-state index in [1.807, 2.05) is 24.3 Å². The number of nitrogens with one attached hydrogen (secondary N) is 1. The Bertz CT molecular complexity index is 416. The van der Waals surface area contributed by atoms with Crippen molar-refractivity contribution >= 4 is 26.8 Å². The number of carbonyl (C=O) groups is 1. The maximum absolute atomic E-state index is 10.9. The third-order valence-electron chi connectivity index (χ3n) is 2.38. The van der Waals surface area contributed by atoms with E-state index in [-0.39, 0.29) is 24.5 Å². The molecule has 0 unspecified atom stereocenters. The number of carbonyl (C=O) groups excluding carboxylic acids is 1. The second-order valence-corrected chi connectivity index (χ2v) is 9.51. The minimum absolute atomic E-state index is 0. The van der Waals surface area contributed by atoms with Crippen LogP contribution in [0.4, 0.5) is 4.79 Å². The van der Waals surface area contributed by atoms with Gasteiger partial charge in [0.1, 0.15) is 12.4 Å². The average Bonchev–Trinajstić information content (AvgIpc) is 2.63. The average molecular weight is 288 g/mol. The Kier molecular flexibility index (Phi) is 4.64. The fraction of sp³-hybridized carbons (Fsp3) is 0.417. The van der Waals surface area contributed by atoms with Crippen LogP contribution in [0.3, 0.4) is 0 Å². The van der Waals surface area contributed by atoms with Gasteiger partial charge in [-0.3, -0.25) is 0 Å². The molecule has 0 radical (unpaired) electrons. The zero-order chi connectivity index (χ0) is 12.5. The molecule has 1 aromatic rings. The van der Waals surface area contributed by atoms with Gasteiger partial charge in [-0.2, -0.15) is 0 Å². The van der Waals surface area contributed by atoms with Crippen LogP contribution in [-0.2, 0) is 4.74 Å². The van der Waals surface area contributed by atoms with Crippen LogP contribution in [0.25, 0.3) is 0 Å². The first kappa shape index (κ1) is 14.9. The highest BCUT2D eigenvalue weighted by atomic mass is 35.5. The van der Waals surface area contributed by atoms with Crippen LogP contribution >= 0.6 is 12.4 Å². The van der Waals surface area contributed by atoms with E-state index < -0.39 is 8.32 Å². The summed E-state index contributed by atoms with van der Waals surface area (Å²) in [5, 5.41) is 2.74. The number of halogens is 1. The van der Waals surface area contributed by atoms with E-state index in [1.165, 1.54) is 0 Å². The number of alkyl carbamates (subject to hydrolysis) is 1. The molecule has 2 rings (SSSR count). The van der Waals surface area contributed by atoms with Gasteiger partial charge in [0.25, 0.3) is 0 Å². The summed E-state index contributed by atoms with van der Waals surface area (Å²) in [4.78, 5) is 10.9. The molecule has 1 amide bonds. The van der Waals surface area contributed by atoms with Gasteiger partial charge in [-0.1, -0.05) is 12.1 Å². The summed E-state index contributed by atoms with van der Waals surface area (Å²) in [6.07, 6.45) is -0.350. The van der Waals surface area contributed by atoms with Crippen molar-refractivity contribution in [1.29, 1.82) is 0 Å². The smallest absolute Gasteiger partial charge is 0.407 e. The van der Waals surface area contributed by atoms with E-state index in [9.17, 15) is 4.79 Å². The van der Waals surface area contributed by atoms with Crippen LogP contribution in [0.1, 0.15) is 11.6 Å². The van der Waals surface area contributed by atoms with Gasteiger partial charge in [0.15, 0.2) is 0 Å². The van der Waals surface area contributed by atoms with Crippen molar-refractivity contribution in [2.24, 2.45) is 0 Å². The minimum Gasteiger partial charge on any atom is -0.544 e. The molecule has 18 heavy (non-hydrogen) atoms. The maximum Gasteiger partial charge on any atom is 0.407 e. The lowest BCUT2D eigenvalue weighted by Crippen LogP contribution is -2.29. The van der Waals surface area contributed by atoms with E-state index in [1.54, 1.807) is 0 Å². The molecular formula is C12H18ClNO3Si. The first-order chi connectivity index (χ1) is 7.94. The molecule has 1 N–H and O–H groups in total. The van der Waals surface area contributed by atoms with Crippen molar-refractivity contribution in [3.63, 3.8) is 0 Å². The SMILES string of the molecule is C[Si](C)(C)Oc1ccc([C@H]2COC(=O)N2)cc1.Cl. The van der Waals surface area contributed by atoms with Crippen LogP contribution in [0.5, 0.6) is 5.75 Å². The summed E-state index contributed by atoms with van der Waals surface area (Å²) in [6, 6.07) is 7.78. The standard InChI is InChI=1S/C12H17NO3Si.ClH/c1-17(2,3)16-10-6-4-9(5-7-10)11-8-15-12(14)13-11;/h4-7,11H,8H2,1-3H3,(H,13,14);1H/t11-;/m1./s1. The molecule has 4 nitrogen and oxygen atoms in total. The van der Waals surface area contributed by atoms with Gasteiger partial charge in [0, 0.05) is 0 Å². The molecule has 0 bridgehead atoms. The Morgan fingerprint density at radius 3 is 2.33 bits per heavy atom. The fourth-order valence-electron chi connectivity index (χ4n) is 1.69. The molecular weight excluding hydrogens is 270 g/mol. The second-order valence-electron chi connectivity index (χ2n) is 5.08. The van der Waals surface area contributed by atoms with Crippen molar-refractivity contribution in [2.45, 2.75) is 25.7 Å². The molecule has 1 fully saturated rings. The largest absolute Gasteiger partial charge is 0.544 e. The van der Waals surface area contributed by atoms with Crippen LogP contribution in [0.2, 0.25) is 19.6 Å². The summed E-state index contributed by atoms with van der Waals surface area (Å²) in [6.45, 7) is 6.83. The Labute approximate surface area is 114 Å². The van der Waals surface area contributed by atoms with Crippen molar-refractivity contribution in [2.75, 3.05) is 6.61 Å². The Morgan fingerprint density at radius 2 is 1.89 bits per heavy atom. The third kappa shape index (κ3) is 3.92. The van der Waals surface area contributed by atoms with Crippen LogP contribution in [0, 0.1) is 0 Å². The van der Waals surface area contributed by atoms with Crippen LogP contribution in [-0.4, -0.2) is 21.0 Å². The molecule has 100 valence electrons. The normalized spacial score (nSPS) is 18.6. The summed E-state index contributed by atoms with van der Waals surface area (Å²) < 4.78 is 10.7. The number of cyclic esters (lactones) is 1. The molecule has 1 aliphatic heterocycles. The number of ether oxygens (including phenoxy) is 1. The molecule has 1 heterocycles. The molecule has 1 aliphatic rings. The Balaban J connectivity index is 0.00000162. The highest BCUT2D eigenvalue weighted by Gasteiger charge is 2.23. The predicted molar refractivity (Wildman–Crippen MR) is 74.9 cm³/mol. The molecule has 0 saturated carbocycles. The van der Waals surface area contributed by atoms with E-state index in [0.29, 0.717) is 6.61 Å². The quantitative estimate of drug-likeness (QED) is 0.869. The number of rotatable bonds is 3.